The smallest absolute Gasteiger partial charge is 0.223 e. The van der Waals surface area contributed by atoms with E-state index in [-0.39, 0.29) is 11.3 Å². The van der Waals surface area contributed by atoms with Crippen molar-refractivity contribution in [3.8, 4) is 11.3 Å². The maximum Gasteiger partial charge on any atom is 0.223 e. The topological polar surface area (TPSA) is 104 Å². The molecule has 4 rings (SSSR count). The lowest BCUT2D eigenvalue weighted by Crippen LogP contribution is -2.43. The zero-order chi connectivity index (χ0) is 17.4. The molecule has 134 valence electrons. The molecule has 0 bridgehead atoms. The van der Waals surface area contributed by atoms with Crippen LogP contribution in [0.2, 0.25) is 0 Å². The fraction of sp³-hybridized carbons (Fsp3) is 0.562. The first-order valence-corrected chi connectivity index (χ1v) is 10.1. The van der Waals surface area contributed by atoms with Crippen molar-refractivity contribution in [3.63, 3.8) is 0 Å². The van der Waals surface area contributed by atoms with E-state index in [1.54, 1.807) is 22.9 Å². The lowest BCUT2D eigenvalue weighted by atomic mass is 10.1. The molecule has 0 unspecified atom stereocenters. The zero-order valence-electron chi connectivity index (χ0n) is 14.1. The molecule has 0 atom stereocenters. The Morgan fingerprint density at radius 3 is 2.60 bits per heavy atom. The Balaban J connectivity index is 1.41. The third kappa shape index (κ3) is 3.38. The van der Waals surface area contributed by atoms with E-state index >= 15 is 0 Å². The Labute approximate surface area is 147 Å². The van der Waals surface area contributed by atoms with Crippen molar-refractivity contribution in [2.45, 2.75) is 43.9 Å². The number of H-pyrrole nitrogens is 1. The summed E-state index contributed by atoms with van der Waals surface area (Å²) >= 11 is 0. The molecule has 3 heterocycles. The van der Waals surface area contributed by atoms with E-state index in [1.807, 2.05) is 6.92 Å². The van der Waals surface area contributed by atoms with Crippen molar-refractivity contribution >= 4 is 16.0 Å². The molecule has 2 aromatic rings. The van der Waals surface area contributed by atoms with E-state index in [0.717, 1.165) is 42.5 Å². The lowest BCUT2D eigenvalue weighted by molar-refractivity contribution is 0.328. The number of sulfonamides is 1. The quantitative estimate of drug-likeness (QED) is 0.836. The number of nitrogens with zero attached hydrogens (tertiary/aromatic N) is 4. The van der Waals surface area contributed by atoms with Crippen LogP contribution in [0, 0.1) is 6.92 Å². The second kappa shape index (κ2) is 6.38. The minimum atomic E-state index is -3.06. The van der Waals surface area contributed by atoms with Gasteiger partial charge in [0.05, 0.1) is 17.1 Å². The molecular formula is C16H22N6O2S. The maximum atomic E-state index is 12.3. The van der Waals surface area contributed by atoms with Crippen molar-refractivity contribution in [1.82, 2.24) is 24.5 Å². The molecule has 25 heavy (non-hydrogen) atoms. The van der Waals surface area contributed by atoms with Crippen LogP contribution in [-0.2, 0) is 10.0 Å². The van der Waals surface area contributed by atoms with Crippen molar-refractivity contribution in [3.05, 3.63) is 24.2 Å². The molecule has 2 aromatic heterocycles. The van der Waals surface area contributed by atoms with Gasteiger partial charge in [0.1, 0.15) is 0 Å². The minimum absolute atomic E-state index is 0.130. The van der Waals surface area contributed by atoms with Crippen molar-refractivity contribution in [1.29, 1.82) is 0 Å². The van der Waals surface area contributed by atoms with E-state index in [2.05, 4.69) is 25.5 Å². The highest BCUT2D eigenvalue weighted by atomic mass is 32.2. The Hall–Kier alpha value is -2.00. The summed E-state index contributed by atoms with van der Waals surface area (Å²) in [7, 11) is -3.06. The molecule has 9 heteroatoms. The van der Waals surface area contributed by atoms with Crippen LogP contribution in [0.4, 0.5) is 5.95 Å². The number of anilines is 1. The van der Waals surface area contributed by atoms with Crippen LogP contribution in [0.15, 0.2) is 18.6 Å². The Morgan fingerprint density at radius 2 is 1.96 bits per heavy atom. The molecule has 0 aromatic carbocycles. The summed E-state index contributed by atoms with van der Waals surface area (Å²) in [6, 6.07) is 0.186. The van der Waals surface area contributed by atoms with Crippen molar-refractivity contribution in [2.75, 3.05) is 18.4 Å². The van der Waals surface area contributed by atoms with Crippen LogP contribution in [0.1, 0.15) is 31.2 Å². The number of aromatic nitrogens is 4. The summed E-state index contributed by atoms with van der Waals surface area (Å²) in [5, 5.41) is 9.99. The third-order valence-corrected chi connectivity index (χ3v) is 7.23. The highest BCUT2D eigenvalue weighted by Crippen LogP contribution is 2.32. The number of piperidine rings is 1. The second-order valence-electron chi connectivity index (χ2n) is 6.77. The molecule has 1 aliphatic carbocycles. The molecule has 0 radical (unpaired) electrons. The summed E-state index contributed by atoms with van der Waals surface area (Å²) in [6.45, 7) is 3.10. The number of rotatable bonds is 5. The summed E-state index contributed by atoms with van der Waals surface area (Å²) in [5.74, 6) is 0.574. The number of hydrogen-bond acceptors (Lipinski definition) is 6. The Kier molecular flexibility index (Phi) is 4.20. The van der Waals surface area contributed by atoms with Gasteiger partial charge in [-0.25, -0.2) is 22.7 Å². The van der Waals surface area contributed by atoms with Gasteiger partial charge in [-0.15, -0.1) is 0 Å². The predicted molar refractivity (Wildman–Crippen MR) is 94.5 cm³/mol. The standard InChI is InChI=1S/C16H22N6O2S/c1-11-8-17-16(21-15(11)12-9-18-19-10-12)20-13-4-6-22(7-5-13)25(23,24)14-2-3-14/h8-10,13-14H,2-7H2,1H3,(H,18,19)(H,17,20,21). The van der Waals surface area contributed by atoms with Crippen LogP contribution >= 0.6 is 0 Å². The Morgan fingerprint density at radius 1 is 1.20 bits per heavy atom. The summed E-state index contributed by atoms with van der Waals surface area (Å²) in [5.41, 5.74) is 2.76. The van der Waals surface area contributed by atoms with E-state index in [4.69, 9.17) is 0 Å². The van der Waals surface area contributed by atoms with Crippen molar-refractivity contribution < 1.29 is 8.42 Å². The summed E-state index contributed by atoms with van der Waals surface area (Å²) < 4.78 is 26.2. The molecule has 2 N–H and O–H groups in total. The molecule has 1 aliphatic heterocycles. The van der Waals surface area contributed by atoms with Gasteiger partial charge in [-0.1, -0.05) is 0 Å². The van der Waals surface area contributed by atoms with E-state index < -0.39 is 10.0 Å². The van der Waals surface area contributed by atoms with Gasteiger partial charge in [-0.2, -0.15) is 5.10 Å². The van der Waals surface area contributed by atoms with Crippen LogP contribution in [0.5, 0.6) is 0 Å². The molecule has 8 nitrogen and oxygen atoms in total. The molecule has 0 spiro atoms. The van der Waals surface area contributed by atoms with Gasteiger partial charge in [0.25, 0.3) is 0 Å². The van der Waals surface area contributed by atoms with Crippen LogP contribution in [0.3, 0.4) is 0 Å². The predicted octanol–water partition coefficient (Wildman–Crippen LogP) is 1.54. The van der Waals surface area contributed by atoms with Crippen LogP contribution in [0.25, 0.3) is 11.3 Å². The van der Waals surface area contributed by atoms with Gasteiger partial charge in [-0.05, 0) is 38.2 Å². The number of aromatic amines is 1. The van der Waals surface area contributed by atoms with E-state index in [1.165, 1.54) is 0 Å². The lowest BCUT2D eigenvalue weighted by Gasteiger charge is -2.31. The molecule has 1 saturated carbocycles. The van der Waals surface area contributed by atoms with Gasteiger partial charge in [0.15, 0.2) is 0 Å². The molecular weight excluding hydrogens is 340 g/mol. The molecule has 2 fully saturated rings. The third-order valence-electron chi connectivity index (χ3n) is 4.84. The minimum Gasteiger partial charge on any atom is -0.351 e. The highest BCUT2D eigenvalue weighted by molar-refractivity contribution is 7.90. The first-order valence-electron chi connectivity index (χ1n) is 8.62. The van der Waals surface area contributed by atoms with Gasteiger partial charge >= 0.3 is 0 Å². The monoisotopic (exact) mass is 362 g/mol. The van der Waals surface area contributed by atoms with Gasteiger partial charge in [0, 0.05) is 37.1 Å². The first kappa shape index (κ1) is 16.5. The number of hydrogen-bond donors (Lipinski definition) is 2. The maximum absolute atomic E-state index is 12.3. The fourth-order valence-electron chi connectivity index (χ4n) is 3.20. The van der Waals surface area contributed by atoms with E-state index in [9.17, 15) is 8.42 Å². The second-order valence-corrected chi connectivity index (χ2v) is 8.99. The number of nitrogens with one attached hydrogen (secondary N) is 2. The average molecular weight is 362 g/mol. The summed E-state index contributed by atoms with van der Waals surface area (Å²) in [4.78, 5) is 8.97. The largest absolute Gasteiger partial charge is 0.351 e. The average Bonchev–Trinajstić information content (AvgIpc) is 3.34. The highest BCUT2D eigenvalue weighted by Gasteiger charge is 2.41. The first-order chi connectivity index (χ1) is 12.0. The normalized spacial score (nSPS) is 19.9. The molecule has 2 aliphatic rings. The van der Waals surface area contributed by atoms with E-state index in [0.29, 0.717) is 19.0 Å². The van der Waals surface area contributed by atoms with Gasteiger partial charge < -0.3 is 5.32 Å². The van der Waals surface area contributed by atoms with Gasteiger partial charge in [-0.3, -0.25) is 5.10 Å². The molecule has 0 amide bonds. The fourth-order valence-corrected chi connectivity index (χ4v) is 5.07. The van der Waals surface area contributed by atoms with Gasteiger partial charge in [0.2, 0.25) is 16.0 Å². The summed E-state index contributed by atoms with van der Waals surface area (Å²) in [6.07, 6.45) is 8.50. The zero-order valence-corrected chi connectivity index (χ0v) is 15.0. The number of aryl methyl sites for hydroxylation is 1. The molecule has 1 saturated heterocycles. The Bertz CT molecular complexity index is 840. The van der Waals surface area contributed by atoms with Crippen LogP contribution < -0.4 is 5.32 Å². The van der Waals surface area contributed by atoms with Crippen molar-refractivity contribution in [2.24, 2.45) is 0 Å². The van der Waals surface area contributed by atoms with Crippen LogP contribution in [-0.4, -0.2) is 57.3 Å². The SMILES string of the molecule is Cc1cnc(NC2CCN(S(=O)(=O)C3CC3)CC2)nc1-c1cn[nH]c1.